The molecule has 0 radical (unpaired) electrons. The molecule has 10 rings (SSSR count). The first kappa shape index (κ1) is 52.0. The van der Waals surface area contributed by atoms with Crippen molar-refractivity contribution < 1.29 is 41.7 Å². The number of amides is 1. The number of halogens is 1. The van der Waals surface area contributed by atoms with Gasteiger partial charge in [-0.3, -0.25) is 14.4 Å². The number of hydrogen-bond acceptors (Lipinski definition) is 15. The van der Waals surface area contributed by atoms with Crippen LogP contribution in [0.2, 0.25) is 0 Å². The summed E-state index contributed by atoms with van der Waals surface area (Å²) in [6, 6.07) is 19.1. The van der Waals surface area contributed by atoms with Crippen LogP contribution in [0.25, 0.3) is 11.0 Å². The number of pyridine rings is 1. The minimum Gasteiger partial charge on any atom is -0.489 e. The van der Waals surface area contributed by atoms with Gasteiger partial charge in [0.1, 0.15) is 47.6 Å². The number of aromatic nitrogens is 2. The Morgan fingerprint density at radius 1 is 1.03 bits per heavy atom. The van der Waals surface area contributed by atoms with Gasteiger partial charge in [0.15, 0.2) is 5.75 Å². The van der Waals surface area contributed by atoms with Gasteiger partial charge < -0.3 is 39.3 Å². The number of H-pyrrole nitrogens is 1. The molecule has 2 saturated carbocycles. The van der Waals surface area contributed by atoms with E-state index in [2.05, 4.69) is 73.1 Å². The van der Waals surface area contributed by atoms with E-state index in [9.17, 15) is 23.2 Å². The van der Waals surface area contributed by atoms with Crippen LogP contribution in [0.3, 0.4) is 0 Å². The summed E-state index contributed by atoms with van der Waals surface area (Å²) in [4.78, 5) is 39.3. The van der Waals surface area contributed by atoms with Gasteiger partial charge >= 0.3 is 0 Å². The van der Waals surface area contributed by atoms with Crippen molar-refractivity contribution in [2.45, 2.75) is 107 Å². The summed E-state index contributed by atoms with van der Waals surface area (Å²) in [5, 5.41) is 17.5. The Hall–Kier alpha value is -5.51. The minimum atomic E-state index is -3.35. The van der Waals surface area contributed by atoms with Gasteiger partial charge in [0.2, 0.25) is 10.0 Å². The molecule has 4 fully saturated rings. The van der Waals surface area contributed by atoms with E-state index in [0.29, 0.717) is 67.4 Å². The number of piperidine rings is 1. The number of ether oxygens (including phenoxy) is 4. The Balaban J connectivity index is 0.867. The number of nitrogens with one attached hydrogen (secondary N) is 3. The molecular weight excluding hydrogens is 988 g/mol. The zero-order valence-electron chi connectivity index (χ0n) is 42.7. The van der Waals surface area contributed by atoms with Gasteiger partial charge in [-0.05, 0) is 128 Å². The highest BCUT2D eigenvalue weighted by atomic mass is 32.2. The molecule has 1 spiro atoms. The number of fused-ring (bicyclic) bond motifs is 2. The molecule has 3 aliphatic heterocycles. The average Bonchev–Trinajstić information content (AvgIpc) is 3.75. The third-order valence-corrected chi connectivity index (χ3v) is 18.2. The largest absolute Gasteiger partial charge is 0.489 e. The lowest BCUT2D eigenvalue weighted by Gasteiger charge is -2.58. The standard InChI is InChI=1S/C54H67FN8O9S2/c1-33(2)38-8-6-7-9-39(38)45-31-62(74(5,67)68)20-21-63(45)36-28-54(29-36)16-18-61(19-17-54)35-10-11-40(46(24-35)72-48-27-41-42(55)30-56-50(41)58-52(48)70-23-22-69-4)51(64)60-73-37-25-43(59-66)49-47(26-37)71-32-44(57-49)34-12-14-53(3,65)15-13-34/h6-11,24-27,30,33-34,36,44-45,57,65H,12-23,28-29,31-32H2,1-5H3,(H,56,58)(H,60,64)/t34?,44?,45-,53?/m0/s1. The first-order valence-electron chi connectivity index (χ1n) is 25.8. The van der Waals surface area contributed by atoms with Gasteiger partial charge in [0, 0.05) is 80.8 Å². The number of methoxy groups -OCH3 is 1. The zero-order chi connectivity index (χ0) is 51.9. The normalized spacial score (nSPS) is 23.5. The highest BCUT2D eigenvalue weighted by Crippen LogP contribution is 2.54. The second-order valence-electron chi connectivity index (χ2n) is 21.5. The molecule has 17 nitrogen and oxygen atoms in total. The molecule has 4 N–H and O–H groups in total. The number of nitroso groups, excluding NO2 is 1. The Bertz CT molecular complexity index is 2980. The number of hydrogen-bond donors (Lipinski definition) is 4. The first-order chi connectivity index (χ1) is 35.5. The Morgan fingerprint density at radius 3 is 2.53 bits per heavy atom. The van der Waals surface area contributed by atoms with Crippen molar-refractivity contribution in [3.63, 3.8) is 0 Å². The lowest BCUT2D eigenvalue weighted by Crippen LogP contribution is -2.60. The van der Waals surface area contributed by atoms with Crippen molar-refractivity contribution in [1.29, 1.82) is 0 Å². The molecule has 74 heavy (non-hydrogen) atoms. The molecule has 5 heterocycles. The highest BCUT2D eigenvalue weighted by Gasteiger charge is 2.50. The van der Waals surface area contributed by atoms with Gasteiger partial charge in [-0.15, -0.1) is 4.91 Å². The van der Waals surface area contributed by atoms with Gasteiger partial charge in [-0.25, -0.2) is 12.8 Å². The highest BCUT2D eigenvalue weighted by molar-refractivity contribution is 7.98. The summed E-state index contributed by atoms with van der Waals surface area (Å²) >= 11 is 1.01. The number of anilines is 2. The number of carbonyl (C=O) groups excluding carboxylic acids is 1. The van der Waals surface area contributed by atoms with Crippen LogP contribution in [-0.2, 0) is 14.8 Å². The van der Waals surface area contributed by atoms with E-state index in [1.807, 2.05) is 19.1 Å². The van der Waals surface area contributed by atoms with Crippen LogP contribution < -0.4 is 29.1 Å². The van der Waals surface area contributed by atoms with Crippen molar-refractivity contribution >= 4 is 56.0 Å². The zero-order valence-corrected chi connectivity index (χ0v) is 44.3. The topological polar surface area (TPSA) is 200 Å². The molecule has 2 aliphatic carbocycles. The Morgan fingerprint density at radius 2 is 1.80 bits per heavy atom. The lowest BCUT2D eigenvalue weighted by molar-refractivity contribution is -0.0521. The maximum atomic E-state index is 15.1. The molecule has 0 bridgehead atoms. The third-order valence-electron chi connectivity index (χ3n) is 16.2. The fourth-order valence-corrected chi connectivity index (χ4v) is 13.4. The summed E-state index contributed by atoms with van der Waals surface area (Å²) < 4.78 is 69.3. The van der Waals surface area contributed by atoms with Crippen molar-refractivity contribution in [1.82, 2.24) is 23.9 Å². The summed E-state index contributed by atoms with van der Waals surface area (Å²) in [5.41, 5.74) is 3.91. The number of piperazine rings is 1. The number of rotatable bonds is 16. The number of aromatic amines is 1. The van der Waals surface area contributed by atoms with E-state index >= 15 is 4.39 Å². The molecule has 20 heteroatoms. The number of sulfonamides is 1. The molecule has 1 unspecified atom stereocenters. The predicted molar refractivity (Wildman–Crippen MR) is 284 cm³/mol. The number of carbonyl (C=O) groups is 1. The Kier molecular flexibility index (Phi) is 14.9. The maximum absolute atomic E-state index is 15.1. The molecule has 2 atom stereocenters. The summed E-state index contributed by atoms with van der Waals surface area (Å²) in [7, 11) is -1.80. The fraction of sp³-hybridized carbons (Fsp3) is 0.519. The molecule has 5 aliphatic rings. The van der Waals surface area contributed by atoms with E-state index in [-0.39, 0.29) is 76.3 Å². The van der Waals surface area contributed by atoms with Gasteiger partial charge in [-0.1, -0.05) is 38.1 Å². The van der Waals surface area contributed by atoms with Crippen LogP contribution in [0.15, 0.2) is 76.9 Å². The molecule has 3 aromatic carbocycles. The molecule has 2 aromatic heterocycles. The van der Waals surface area contributed by atoms with Crippen molar-refractivity contribution in [2.24, 2.45) is 16.5 Å². The molecule has 396 valence electrons. The third kappa shape index (κ3) is 10.9. The van der Waals surface area contributed by atoms with Crippen molar-refractivity contribution in [3.05, 3.63) is 94.3 Å². The SMILES string of the molecule is COCCOc1nc2[nH]cc(F)c2cc1Oc1cc(N2CCC3(CC2)CC(N2CCN(S(C)(=O)=O)C[C@H]2c2ccccc2C(C)C)C3)ccc1C(=O)NSc1cc(N=O)c2c(c1)OCC(C1CCC(C)(O)CC1)N2. The molecule has 1 amide bonds. The summed E-state index contributed by atoms with van der Waals surface area (Å²) in [5.74, 6) is 0.402. The van der Waals surface area contributed by atoms with E-state index < -0.39 is 27.3 Å². The van der Waals surface area contributed by atoms with Crippen LogP contribution in [-0.4, -0.2) is 122 Å². The monoisotopic (exact) mass is 1050 g/mol. The first-order valence-corrected chi connectivity index (χ1v) is 28.4. The van der Waals surface area contributed by atoms with E-state index in [1.54, 1.807) is 29.6 Å². The van der Waals surface area contributed by atoms with Crippen molar-refractivity contribution in [2.75, 3.05) is 76.1 Å². The lowest BCUT2D eigenvalue weighted by atomic mass is 9.59. The van der Waals surface area contributed by atoms with Gasteiger partial charge in [-0.2, -0.15) is 9.29 Å². The van der Waals surface area contributed by atoms with Crippen LogP contribution in [0.1, 0.15) is 106 Å². The molecule has 2 saturated heterocycles. The van der Waals surface area contributed by atoms with Crippen LogP contribution in [0.5, 0.6) is 23.1 Å². The summed E-state index contributed by atoms with van der Waals surface area (Å²) in [6.45, 7) is 10.2. The van der Waals surface area contributed by atoms with E-state index in [1.165, 1.54) is 29.6 Å². The number of aliphatic hydroxyl groups is 1. The average molecular weight is 1060 g/mol. The Labute approximate surface area is 436 Å². The number of nitrogens with zero attached hydrogens (tertiary/aromatic N) is 5. The fourth-order valence-electron chi connectivity index (χ4n) is 11.9. The quantitative estimate of drug-likeness (QED) is 0.0414. The minimum absolute atomic E-state index is 0.0292. The predicted octanol–water partition coefficient (Wildman–Crippen LogP) is 9.66. The van der Waals surface area contributed by atoms with Crippen LogP contribution in [0.4, 0.5) is 21.5 Å². The molecular formula is C54H67FN8O9S2. The summed E-state index contributed by atoms with van der Waals surface area (Å²) in [6.07, 6.45) is 9.57. The number of benzene rings is 3. The molecule has 5 aromatic rings. The van der Waals surface area contributed by atoms with Crippen LogP contribution in [0, 0.1) is 22.1 Å². The van der Waals surface area contributed by atoms with Crippen LogP contribution >= 0.6 is 11.9 Å². The van der Waals surface area contributed by atoms with E-state index in [0.717, 1.165) is 69.2 Å². The maximum Gasteiger partial charge on any atom is 0.265 e. The van der Waals surface area contributed by atoms with Gasteiger partial charge in [0.05, 0.1) is 35.5 Å². The smallest absolute Gasteiger partial charge is 0.265 e. The second-order valence-corrected chi connectivity index (χ2v) is 24.4. The van der Waals surface area contributed by atoms with Crippen molar-refractivity contribution in [3.8, 4) is 23.1 Å². The van der Waals surface area contributed by atoms with E-state index in [4.69, 9.17) is 18.9 Å². The van der Waals surface area contributed by atoms with Gasteiger partial charge in [0.25, 0.3) is 11.8 Å². The second kappa shape index (κ2) is 21.3.